The van der Waals surface area contributed by atoms with Crippen LogP contribution in [0.25, 0.3) is 22.4 Å². The molecule has 0 aliphatic rings. The van der Waals surface area contributed by atoms with E-state index in [0.717, 1.165) is 17.7 Å². The zero-order valence-electron chi connectivity index (χ0n) is 26.8. The molecule has 6 aromatic rings. The summed E-state index contributed by atoms with van der Waals surface area (Å²) in [5.41, 5.74) is 2.46. The number of aromatic nitrogens is 5. The maximum absolute atomic E-state index is 13.7. The number of rotatable bonds is 8. The molecule has 6 rings (SSSR count). The average molecular weight is 683 g/mol. The molecule has 15 heteroatoms. The fraction of sp³-hybridized carbons (Fsp3) is 0.143. The Balaban J connectivity index is 1.20. The Morgan fingerprint density at radius 2 is 1.76 bits per heavy atom. The lowest BCUT2D eigenvalue weighted by atomic mass is 10.0. The second-order valence-electron chi connectivity index (χ2n) is 11.4. The molecule has 3 heterocycles. The zero-order chi connectivity index (χ0) is 35.6. The van der Waals surface area contributed by atoms with Crippen molar-refractivity contribution in [2.45, 2.75) is 33.6 Å². The van der Waals surface area contributed by atoms with Crippen LogP contribution in [0.2, 0.25) is 0 Å². The molecule has 2 amide bonds. The molecule has 0 unspecified atom stereocenters. The quantitative estimate of drug-likeness (QED) is 0.120. The van der Waals surface area contributed by atoms with Crippen LogP contribution in [0.4, 0.5) is 40.8 Å². The van der Waals surface area contributed by atoms with Crippen molar-refractivity contribution < 1.29 is 32.3 Å². The van der Waals surface area contributed by atoms with Crippen molar-refractivity contribution in [2.24, 2.45) is 0 Å². The minimum atomic E-state index is -4.70. The van der Waals surface area contributed by atoms with E-state index in [1.165, 1.54) is 36.1 Å². The van der Waals surface area contributed by atoms with Crippen LogP contribution in [0.1, 0.15) is 39.7 Å². The fourth-order valence-electron chi connectivity index (χ4n) is 5.11. The van der Waals surface area contributed by atoms with Crippen LogP contribution in [0, 0.1) is 13.8 Å². The summed E-state index contributed by atoms with van der Waals surface area (Å²) in [4.78, 5) is 53.5. The average Bonchev–Trinajstić information content (AvgIpc) is 3.72. The van der Waals surface area contributed by atoms with Crippen LogP contribution in [0.3, 0.4) is 0 Å². The summed E-state index contributed by atoms with van der Waals surface area (Å²) in [5.74, 6) is -0.546. The molecule has 0 atom stereocenters. The number of halogens is 3. The summed E-state index contributed by atoms with van der Waals surface area (Å²) in [6, 6.07) is 16.1. The molecule has 3 aromatic carbocycles. The van der Waals surface area contributed by atoms with E-state index in [2.05, 4.69) is 35.9 Å². The first kappa shape index (κ1) is 33.4. The molecule has 4 N–H and O–H groups in total. The molecule has 254 valence electrons. The van der Waals surface area contributed by atoms with Gasteiger partial charge < -0.3 is 25.7 Å². The Morgan fingerprint density at radius 3 is 2.50 bits per heavy atom. The van der Waals surface area contributed by atoms with Crippen LogP contribution in [-0.2, 0) is 22.3 Å². The predicted molar refractivity (Wildman–Crippen MR) is 180 cm³/mol. The maximum atomic E-state index is 13.7. The molecule has 0 saturated heterocycles. The summed E-state index contributed by atoms with van der Waals surface area (Å²) in [6.45, 7) is 4.89. The van der Waals surface area contributed by atoms with Gasteiger partial charge in [0, 0.05) is 47.5 Å². The summed E-state index contributed by atoms with van der Waals surface area (Å²) in [7, 11) is 0. The molecule has 0 bridgehead atoms. The van der Waals surface area contributed by atoms with Crippen molar-refractivity contribution in [1.82, 2.24) is 24.5 Å². The van der Waals surface area contributed by atoms with Gasteiger partial charge in [0.05, 0.1) is 16.6 Å². The highest BCUT2D eigenvalue weighted by atomic mass is 19.4. The number of fused-ring (bicyclic) bond motifs is 1. The number of anilines is 4. The number of amides is 2. The topological polar surface area (TPSA) is 156 Å². The van der Waals surface area contributed by atoms with Gasteiger partial charge in [-0.2, -0.15) is 13.2 Å². The highest BCUT2D eigenvalue weighted by molar-refractivity contribution is 6.06. The van der Waals surface area contributed by atoms with Gasteiger partial charge in [0.25, 0.3) is 5.91 Å². The standard InChI is InChI=1S/C35H29F3N8O4/c1-19-7-8-27(44-33(48)24-12-23(30-39-16-20(2)42-30)13-25(14-24)35(36,37)38)15-29(19)45-34(49)46-10-9-28-31(40-18-41-32(28)46)43-26-6-4-5-22(11-26)17-50-21(3)47/h4-16,18H,17H2,1-3H3,(H,39,42)(H,44,48)(H,45,49)(H,40,41,43). The van der Waals surface area contributed by atoms with Crippen LogP contribution < -0.4 is 16.0 Å². The minimum absolute atomic E-state index is 0.101. The maximum Gasteiger partial charge on any atom is 0.416 e. The normalized spacial score (nSPS) is 11.3. The Morgan fingerprint density at radius 1 is 0.940 bits per heavy atom. The van der Waals surface area contributed by atoms with Crippen molar-refractivity contribution in [2.75, 3.05) is 16.0 Å². The number of esters is 1. The molecule has 0 fully saturated rings. The summed E-state index contributed by atoms with van der Waals surface area (Å²) >= 11 is 0. The van der Waals surface area contributed by atoms with Gasteiger partial charge in [-0.05, 0) is 73.5 Å². The first-order valence-electron chi connectivity index (χ1n) is 15.1. The van der Waals surface area contributed by atoms with Gasteiger partial charge in [-0.25, -0.2) is 19.7 Å². The van der Waals surface area contributed by atoms with Crippen molar-refractivity contribution in [3.63, 3.8) is 0 Å². The number of aromatic amines is 1. The molecule has 0 aliphatic carbocycles. The number of hydrogen-bond acceptors (Lipinski definition) is 8. The lowest BCUT2D eigenvalue weighted by molar-refractivity contribution is -0.142. The second kappa shape index (κ2) is 13.5. The lowest BCUT2D eigenvalue weighted by Crippen LogP contribution is -2.20. The van der Waals surface area contributed by atoms with Gasteiger partial charge in [0.1, 0.15) is 24.6 Å². The van der Waals surface area contributed by atoms with Gasteiger partial charge in [0.2, 0.25) is 0 Å². The van der Waals surface area contributed by atoms with Gasteiger partial charge in [-0.3, -0.25) is 14.2 Å². The summed E-state index contributed by atoms with van der Waals surface area (Å²) in [6.07, 6.45) is -0.308. The van der Waals surface area contributed by atoms with Crippen LogP contribution in [-0.4, -0.2) is 42.4 Å². The Kier molecular flexibility index (Phi) is 9.04. The van der Waals surface area contributed by atoms with Crippen molar-refractivity contribution in [1.29, 1.82) is 0 Å². The Labute approximate surface area is 282 Å². The van der Waals surface area contributed by atoms with Crippen molar-refractivity contribution in [3.05, 3.63) is 113 Å². The first-order chi connectivity index (χ1) is 23.8. The zero-order valence-corrected chi connectivity index (χ0v) is 26.8. The van der Waals surface area contributed by atoms with E-state index in [1.807, 2.05) is 12.1 Å². The van der Waals surface area contributed by atoms with E-state index in [4.69, 9.17) is 4.74 Å². The second-order valence-corrected chi connectivity index (χ2v) is 11.4. The number of carbonyl (C=O) groups is 3. The molecular weight excluding hydrogens is 653 g/mol. The molecule has 0 saturated carbocycles. The number of nitrogens with zero attached hydrogens (tertiary/aromatic N) is 4. The number of alkyl halides is 3. The van der Waals surface area contributed by atoms with E-state index in [9.17, 15) is 27.6 Å². The number of imidazole rings is 1. The first-order valence-corrected chi connectivity index (χ1v) is 15.1. The lowest BCUT2D eigenvalue weighted by Gasteiger charge is -2.14. The summed E-state index contributed by atoms with van der Waals surface area (Å²) in [5, 5.41) is 9.19. The molecule has 12 nitrogen and oxygen atoms in total. The van der Waals surface area contributed by atoms with Gasteiger partial charge in [-0.1, -0.05) is 18.2 Å². The number of hydrogen-bond donors (Lipinski definition) is 4. The monoisotopic (exact) mass is 682 g/mol. The predicted octanol–water partition coefficient (Wildman–Crippen LogP) is 7.60. The van der Waals surface area contributed by atoms with Crippen LogP contribution in [0.15, 0.2) is 85.5 Å². The largest absolute Gasteiger partial charge is 0.461 e. The number of nitrogens with one attached hydrogen (secondary N) is 4. The van der Waals surface area contributed by atoms with E-state index in [0.29, 0.717) is 39.5 Å². The number of ether oxygens (including phenoxy) is 1. The molecular formula is C35H29F3N8O4. The highest BCUT2D eigenvalue weighted by Crippen LogP contribution is 2.33. The SMILES string of the molecule is CC(=O)OCc1cccc(Nc2ncnc3c2ccn3C(=O)Nc2cc(NC(=O)c3cc(-c4nc(C)c[nH]4)cc(C(F)(F)F)c3)ccc2C)c1. The van der Waals surface area contributed by atoms with Crippen LogP contribution >= 0.6 is 0 Å². The van der Waals surface area contributed by atoms with Gasteiger partial charge in [-0.15, -0.1) is 0 Å². The van der Waals surface area contributed by atoms with Crippen molar-refractivity contribution in [3.8, 4) is 11.4 Å². The fourth-order valence-corrected chi connectivity index (χ4v) is 5.11. The Bertz CT molecular complexity index is 2260. The number of H-pyrrole nitrogens is 1. The number of aryl methyl sites for hydroxylation is 2. The molecule has 0 spiro atoms. The third-order valence-electron chi connectivity index (χ3n) is 7.57. The smallest absolute Gasteiger partial charge is 0.416 e. The minimum Gasteiger partial charge on any atom is -0.461 e. The van der Waals surface area contributed by atoms with Crippen molar-refractivity contribution >= 4 is 51.8 Å². The molecule has 50 heavy (non-hydrogen) atoms. The van der Waals surface area contributed by atoms with E-state index >= 15 is 0 Å². The van der Waals surface area contributed by atoms with Gasteiger partial charge >= 0.3 is 18.2 Å². The third kappa shape index (κ3) is 7.46. The van der Waals surface area contributed by atoms with Gasteiger partial charge in [0.15, 0.2) is 5.65 Å². The molecule has 3 aromatic heterocycles. The third-order valence-corrected chi connectivity index (χ3v) is 7.57. The van der Waals surface area contributed by atoms with Crippen LogP contribution in [0.5, 0.6) is 0 Å². The molecule has 0 aliphatic heterocycles. The Hall–Kier alpha value is -6.51. The number of benzene rings is 3. The van der Waals surface area contributed by atoms with E-state index in [1.54, 1.807) is 50.4 Å². The molecule has 0 radical (unpaired) electrons. The van der Waals surface area contributed by atoms with E-state index in [-0.39, 0.29) is 29.2 Å². The summed E-state index contributed by atoms with van der Waals surface area (Å²) < 4.78 is 47.6. The number of carbonyl (C=O) groups excluding carboxylic acids is 3. The highest BCUT2D eigenvalue weighted by Gasteiger charge is 2.32. The van der Waals surface area contributed by atoms with E-state index < -0.39 is 29.6 Å².